The van der Waals surface area contributed by atoms with Crippen LogP contribution < -0.4 is 10.6 Å². The van der Waals surface area contributed by atoms with E-state index >= 15 is 0 Å². The Bertz CT molecular complexity index is 2240. The summed E-state index contributed by atoms with van der Waals surface area (Å²) in [7, 11) is 0. The summed E-state index contributed by atoms with van der Waals surface area (Å²) in [5.74, 6) is -3.09. The third-order valence-electron chi connectivity index (χ3n) is 9.26. The van der Waals surface area contributed by atoms with Crippen molar-refractivity contribution in [2.45, 2.75) is 66.1 Å². The van der Waals surface area contributed by atoms with Gasteiger partial charge in [0, 0.05) is 13.1 Å². The Labute approximate surface area is 303 Å². The second kappa shape index (κ2) is 15.6. The Hall–Kier alpha value is -5.76. The first-order valence-corrected chi connectivity index (χ1v) is 17.8. The molecule has 0 radical (unpaired) electrons. The van der Waals surface area contributed by atoms with Gasteiger partial charge in [0.25, 0.3) is 11.8 Å². The number of benzene rings is 6. The van der Waals surface area contributed by atoms with Crippen LogP contribution in [0.25, 0.3) is 32.3 Å². The van der Waals surface area contributed by atoms with Gasteiger partial charge in [-0.05, 0) is 109 Å². The second-order valence-corrected chi connectivity index (χ2v) is 13.7. The molecule has 6 aromatic carbocycles. The van der Waals surface area contributed by atoms with Gasteiger partial charge in [-0.1, -0.05) is 95.9 Å². The minimum atomic E-state index is -1.76. The molecule has 0 heterocycles. The van der Waals surface area contributed by atoms with Crippen LogP contribution in [-0.4, -0.2) is 49.1 Å². The van der Waals surface area contributed by atoms with E-state index in [1.54, 1.807) is 24.3 Å². The molecule has 52 heavy (non-hydrogen) atoms. The van der Waals surface area contributed by atoms with E-state index in [9.17, 15) is 19.2 Å². The SMILES string of the molecule is CCCNC(=O)[C@H](OC(=O)c1cc(C)cc(C)c1)[C@@H](OC(=O)c1cc(C)cc(C)c1)C(=O)NCCCc1ccc2ccc3cccc4ccc1c2c34. The summed E-state index contributed by atoms with van der Waals surface area (Å²) in [4.78, 5) is 54.6. The highest BCUT2D eigenvalue weighted by Gasteiger charge is 2.40. The summed E-state index contributed by atoms with van der Waals surface area (Å²) in [6.07, 6.45) is -1.65. The zero-order valence-corrected chi connectivity index (χ0v) is 30.3. The summed E-state index contributed by atoms with van der Waals surface area (Å²) in [5, 5.41) is 12.8. The number of esters is 2. The van der Waals surface area contributed by atoms with Crippen molar-refractivity contribution < 1.29 is 28.7 Å². The predicted octanol–water partition coefficient (Wildman–Crippen LogP) is 7.84. The number of nitrogens with one attached hydrogen (secondary N) is 2. The van der Waals surface area contributed by atoms with Crippen molar-refractivity contribution in [2.24, 2.45) is 0 Å². The lowest BCUT2D eigenvalue weighted by molar-refractivity contribution is -0.147. The number of ether oxygens (including phenoxy) is 2. The molecule has 0 aliphatic carbocycles. The van der Waals surface area contributed by atoms with Crippen LogP contribution in [0, 0.1) is 27.7 Å². The lowest BCUT2D eigenvalue weighted by atomic mass is 9.91. The van der Waals surface area contributed by atoms with Crippen molar-refractivity contribution >= 4 is 56.1 Å². The van der Waals surface area contributed by atoms with E-state index in [4.69, 9.17) is 9.47 Å². The van der Waals surface area contributed by atoms with E-state index in [0.717, 1.165) is 27.8 Å². The van der Waals surface area contributed by atoms with E-state index in [-0.39, 0.29) is 24.2 Å². The Morgan fingerprint density at radius 1 is 0.577 bits per heavy atom. The maximum Gasteiger partial charge on any atom is 0.339 e. The van der Waals surface area contributed by atoms with Crippen LogP contribution in [0.5, 0.6) is 0 Å². The van der Waals surface area contributed by atoms with Gasteiger partial charge in [0.15, 0.2) is 0 Å². The van der Waals surface area contributed by atoms with Crippen LogP contribution in [0.4, 0.5) is 0 Å². The minimum absolute atomic E-state index is 0.220. The van der Waals surface area contributed by atoms with Gasteiger partial charge in [-0.15, -0.1) is 0 Å². The first-order valence-electron chi connectivity index (χ1n) is 17.8. The molecule has 0 unspecified atom stereocenters. The first kappa shape index (κ1) is 36.0. The fourth-order valence-electron chi connectivity index (χ4n) is 7.01. The number of hydrogen-bond donors (Lipinski definition) is 2. The van der Waals surface area contributed by atoms with Gasteiger partial charge >= 0.3 is 11.9 Å². The maximum absolute atomic E-state index is 14.0. The van der Waals surface area contributed by atoms with Gasteiger partial charge in [0.1, 0.15) is 0 Å². The highest BCUT2D eigenvalue weighted by molar-refractivity contribution is 6.23. The number of aryl methyl sites for hydroxylation is 5. The van der Waals surface area contributed by atoms with Gasteiger partial charge in [-0.2, -0.15) is 0 Å². The quantitative estimate of drug-likeness (QED) is 0.0723. The van der Waals surface area contributed by atoms with E-state index in [1.165, 1.54) is 32.3 Å². The Morgan fingerprint density at radius 3 is 1.56 bits per heavy atom. The molecule has 6 rings (SSSR count). The molecule has 266 valence electrons. The Kier molecular flexibility index (Phi) is 10.8. The molecule has 2 N–H and O–H groups in total. The second-order valence-electron chi connectivity index (χ2n) is 13.7. The van der Waals surface area contributed by atoms with Crippen LogP contribution in [0.3, 0.4) is 0 Å². The number of carbonyl (C=O) groups excluding carboxylic acids is 4. The largest absolute Gasteiger partial charge is 0.444 e. The molecule has 0 spiro atoms. The molecule has 2 atom stereocenters. The van der Waals surface area contributed by atoms with Crippen molar-refractivity contribution in [3.63, 3.8) is 0 Å². The molecule has 8 heteroatoms. The molecule has 2 amide bonds. The third kappa shape index (κ3) is 7.91. The highest BCUT2D eigenvalue weighted by Crippen LogP contribution is 2.36. The zero-order chi connectivity index (χ0) is 36.9. The van der Waals surface area contributed by atoms with Gasteiger partial charge in [-0.25, -0.2) is 9.59 Å². The van der Waals surface area contributed by atoms with Crippen LogP contribution >= 0.6 is 0 Å². The molecule has 8 nitrogen and oxygen atoms in total. The number of amides is 2. The lowest BCUT2D eigenvalue weighted by Gasteiger charge is -2.26. The number of hydrogen-bond acceptors (Lipinski definition) is 6. The summed E-state index contributed by atoms with van der Waals surface area (Å²) in [5.41, 5.74) is 4.92. The van der Waals surface area contributed by atoms with Crippen molar-refractivity contribution in [1.82, 2.24) is 10.6 Å². The molecular weight excluding hydrogens is 652 g/mol. The van der Waals surface area contributed by atoms with Crippen molar-refractivity contribution in [3.8, 4) is 0 Å². The molecule has 6 aromatic rings. The van der Waals surface area contributed by atoms with Crippen LogP contribution in [-0.2, 0) is 25.5 Å². The monoisotopic (exact) mass is 696 g/mol. The Balaban J connectivity index is 1.25. The van der Waals surface area contributed by atoms with E-state index < -0.39 is 36.0 Å². The van der Waals surface area contributed by atoms with Gasteiger partial charge in [-0.3, -0.25) is 9.59 Å². The van der Waals surface area contributed by atoms with Gasteiger partial charge in [0.05, 0.1) is 11.1 Å². The first-order chi connectivity index (χ1) is 25.0. The van der Waals surface area contributed by atoms with Crippen molar-refractivity contribution in [2.75, 3.05) is 13.1 Å². The Morgan fingerprint density at radius 2 is 1.04 bits per heavy atom. The number of rotatable bonds is 13. The minimum Gasteiger partial charge on any atom is -0.444 e. The molecule has 0 aliphatic heterocycles. The molecule has 0 saturated heterocycles. The van der Waals surface area contributed by atoms with Gasteiger partial charge in [0.2, 0.25) is 12.2 Å². The summed E-state index contributed by atoms with van der Waals surface area (Å²) in [6, 6.07) is 29.6. The van der Waals surface area contributed by atoms with Crippen LogP contribution in [0.15, 0.2) is 91.0 Å². The fraction of sp³-hybridized carbons (Fsp3) is 0.273. The topological polar surface area (TPSA) is 111 Å². The summed E-state index contributed by atoms with van der Waals surface area (Å²) < 4.78 is 11.6. The fourth-order valence-corrected chi connectivity index (χ4v) is 7.01. The van der Waals surface area contributed by atoms with Crippen LogP contribution in [0.2, 0.25) is 0 Å². The van der Waals surface area contributed by atoms with E-state index in [1.807, 2.05) is 46.8 Å². The highest BCUT2D eigenvalue weighted by atomic mass is 16.6. The average Bonchev–Trinajstić information content (AvgIpc) is 3.12. The molecule has 0 fully saturated rings. The normalized spacial score (nSPS) is 12.5. The van der Waals surface area contributed by atoms with Gasteiger partial charge < -0.3 is 20.1 Å². The van der Waals surface area contributed by atoms with E-state index in [2.05, 4.69) is 65.2 Å². The molecule has 0 aromatic heterocycles. The summed E-state index contributed by atoms with van der Waals surface area (Å²) in [6.45, 7) is 9.77. The average molecular weight is 697 g/mol. The molecule has 0 aliphatic rings. The standard InChI is InChI=1S/C44H44N2O6/c1-6-18-45-41(47)39(51-43(49)34-22-26(2)20-27(3)23-34)40(52-44(50)35-24-28(4)21-29(5)25-35)42(48)46-19-8-11-30-12-13-33-15-14-31-9-7-10-32-16-17-36(30)38(33)37(31)32/h7,9-10,12-17,20-25,39-40H,6,8,11,18-19H2,1-5H3,(H,45,47)(H,46,48)/t39-,40-/m1/s1. The summed E-state index contributed by atoms with van der Waals surface area (Å²) >= 11 is 0. The molecule has 0 bridgehead atoms. The smallest absolute Gasteiger partial charge is 0.339 e. The third-order valence-corrected chi connectivity index (χ3v) is 9.26. The van der Waals surface area contributed by atoms with Crippen LogP contribution in [0.1, 0.15) is 68.3 Å². The number of carbonyl (C=O) groups is 4. The molecule has 0 saturated carbocycles. The predicted molar refractivity (Wildman–Crippen MR) is 205 cm³/mol. The van der Waals surface area contributed by atoms with Crippen molar-refractivity contribution in [3.05, 3.63) is 130 Å². The van der Waals surface area contributed by atoms with E-state index in [0.29, 0.717) is 19.3 Å². The maximum atomic E-state index is 14.0. The van der Waals surface area contributed by atoms with Crippen molar-refractivity contribution in [1.29, 1.82) is 0 Å². The lowest BCUT2D eigenvalue weighted by Crippen LogP contribution is -2.53. The molecular formula is C44H44N2O6. The zero-order valence-electron chi connectivity index (χ0n) is 30.3.